The highest BCUT2D eigenvalue weighted by Gasteiger charge is 2.52. The predicted octanol–water partition coefficient (Wildman–Crippen LogP) is 14.3. The van der Waals surface area contributed by atoms with E-state index in [-0.39, 0.29) is 5.91 Å². The van der Waals surface area contributed by atoms with Crippen molar-refractivity contribution in [2.75, 3.05) is 25.2 Å². The Bertz CT molecular complexity index is 785. The third-order valence-electron chi connectivity index (χ3n) is 12.6. The first-order chi connectivity index (χ1) is 23.6. The molecule has 0 rings (SSSR count). The van der Waals surface area contributed by atoms with Crippen molar-refractivity contribution in [3.63, 3.8) is 0 Å². The number of amides is 1. The molecular formula is C42H90BrNO4Si3. The van der Waals surface area contributed by atoms with Gasteiger partial charge in [-0.05, 0) is 62.7 Å². The molecule has 51 heavy (non-hydrogen) atoms. The van der Waals surface area contributed by atoms with Crippen LogP contribution < -0.4 is 5.32 Å². The maximum Gasteiger partial charge on any atom is 0.220 e. The molecule has 0 spiro atoms. The zero-order chi connectivity index (χ0) is 39.8. The lowest BCUT2D eigenvalue weighted by Gasteiger charge is -2.50. The zero-order valence-electron chi connectivity index (χ0n) is 37.4. The molecule has 0 aliphatic carbocycles. The molecule has 0 saturated carbocycles. The Morgan fingerprint density at radius 3 is 0.922 bits per heavy atom. The average Bonchev–Trinajstić information content (AvgIpc) is 2.99. The molecule has 0 fully saturated rings. The van der Waals surface area contributed by atoms with Crippen molar-refractivity contribution in [3.05, 3.63) is 0 Å². The van der Waals surface area contributed by atoms with E-state index in [4.69, 9.17) is 13.3 Å². The van der Waals surface area contributed by atoms with E-state index < -0.39 is 30.5 Å². The molecule has 0 aromatic heterocycles. The summed E-state index contributed by atoms with van der Waals surface area (Å²) in [6.07, 6.45) is 10.2. The minimum Gasteiger partial charge on any atom is -0.413 e. The van der Waals surface area contributed by atoms with E-state index in [9.17, 15) is 4.79 Å². The lowest BCUT2D eigenvalue weighted by Crippen LogP contribution is -2.65. The van der Waals surface area contributed by atoms with Crippen molar-refractivity contribution in [2.24, 2.45) is 0 Å². The molecule has 0 heterocycles. The molecule has 0 bridgehead atoms. The summed E-state index contributed by atoms with van der Waals surface area (Å²) in [4.78, 5) is 14.2. The Labute approximate surface area is 331 Å². The SMILES string of the molecule is CC(C)[Si](OCC(CO[Si](C(C)C)(C(C)C)C(C)C)(CO[Si](C(C)C)(C(C)C)C(C)C)NC(=O)CCCCCCCCCCBr)(C(C)C)C(C)C. The number of hydrogen-bond acceptors (Lipinski definition) is 4. The average molecular weight is 837 g/mol. The van der Waals surface area contributed by atoms with Gasteiger partial charge in [-0.3, -0.25) is 4.79 Å². The van der Waals surface area contributed by atoms with Crippen LogP contribution in [0.25, 0.3) is 0 Å². The van der Waals surface area contributed by atoms with E-state index in [2.05, 4.69) is 146 Å². The fourth-order valence-corrected chi connectivity index (χ4v) is 27.3. The maximum absolute atomic E-state index is 14.2. The van der Waals surface area contributed by atoms with Crippen molar-refractivity contribution in [1.29, 1.82) is 0 Å². The van der Waals surface area contributed by atoms with Crippen LogP contribution in [0, 0.1) is 0 Å². The number of halogens is 1. The maximum atomic E-state index is 14.2. The van der Waals surface area contributed by atoms with Gasteiger partial charge in [0, 0.05) is 11.8 Å². The van der Waals surface area contributed by atoms with E-state index in [0.717, 1.165) is 18.2 Å². The summed E-state index contributed by atoms with van der Waals surface area (Å²) in [7, 11) is -6.79. The summed E-state index contributed by atoms with van der Waals surface area (Å²) in [6, 6.07) is 0. The lowest BCUT2D eigenvalue weighted by molar-refractivity contribution is -0.125. The molecule has 0 aliphatic rings. The van der Waals surface area contributed by atoms with E-state index in [0.29, 0.717) is 76.1 Å². The van der Waals surface area contributed by atoms with Crippen LogP contribution in [0.4, 0.5) is 0 Å². The van der Waals surface area contributed by atoms with E-state index in [1.165, 1.54) is 38.5 Å². The van der Waals surface area contributed by atoms with Crippen LogP contribution >= 0.6 is 15.9 Å². The highest BCUT2D eigenvalue weighted by atomic mass is 79.9. The van der Waals surface area contributed by atoms with Gasteiger partial charge in [-0.25, -0.2) is 0 Å². The van der Waals surface area contributed by atoms with Crippen LogP contribution in [0.2, 0.25) is 49.9 Å². The van der Waals surface area contributed by atoms with Crippen molar-refractivity contribution < 1.29 is 18.1 Å². The van der Waals surface area contributed by atoms with Gasteiger partial charge in [-0.15, -0.1) is 0 Å². The van der Waals surface area contributed by atoms with Gasteiger partial charge in [0.05, 0.1) is 19.8 Å². The van der Waals surface area contributed by atoms with E-state index >= 15 is 0 Å². The molecule has 5 nitrogen and oxygen atoms in total. The number of rotatable bonds is 29. The van der Waals surface area contributed by atoms with Gasteiger partial charge in [-0.2, -0.15) is 0 Å². The van der Waals surface area contributed by atoms with Crippen LogP contribution in [-0.2, 0) is 18.1 Å². The number of alkyl halides is 1. The van der Waals surface area contributed by atoms with Gasteiger partial charge in [0.25, 0.3) is 0 Å². The van der Waals surface area contributed by atoms with Gasteiger partial charge in [0.15, 0.2) is 25.0 Å². The van der Waals surface area contributed by atoms with Crippen LogP contribution in [0.15, 0.2) is 0 Å². The molecule has 9 heteroatoms. The second kappa shape index (κ2) is 24.2. The normalized spacial score (nSPS) is 14.0. The Morgan fingerprint density at radius 2 is 0.686 bits per heavy atom. The van der Waals surface area contributed by atoms with Gasteiger partial charge in [0.1, 0.15) is 5.54 Å². The number of hydrogen-bond donors (Lipinski definition) is 1. The summed E-state index contributed by atoms with van der Waals surface area (Å²) < 4.78 is 22.4. The Hall–Kier alpha value is 0.481. The zero-order valence-corrected chi connectivity index (χ0v) is 42.0. The van der Waals surface area contributed by atoms with E-state index in [1.54, 1.807) is 0 Å². The third kappa shape index (κ3) is 14.2. The van der Waals surface area contributed by atoms with Crippen LogP contribution in [-0.4, -0.2) is 61.5 Å². The minimum atomic E-state index is -2.26. The molecule has 1 amide bonds. The largest absolute Gasteiger partial charge is 0.413 e. The fraction of sp³-hybridized carbons (Fsp3) is 0.976. The molecule has 0 atom stereocenters. The smallest absolute Gasteiger partial charge is 0.220 e. The molecule has 0 saturated heterocycles. The number of carbonyl (C=O) groups excluding carboxylic acids is 1. The monoisotopic (exact) mass is 836 g/mol. The predicted molar refractivity (Wildman–Crippen MR) is 237 cm³/mol. The van der Waals surface area contributed by atoms with Gasteiger partial charge < -0.3 is 18.6 Å². The number of carbonyl (C=O) groups is 1. The highest BCUT2D eigenvalue weighted by molar-refractivity contribution is 9.09. The van der Waals surface area contributed by atoms with E-state index in [1.807, 2.05) is 0 Å². The molecule has 0 aromatic rings. The van der Waals surface area contributed by atoms with Gasteiger partial charge in [-0.1, -0.05) is 179 Å². The van der Waals surface area contributed by atoms with Crippen molar-refractivity contribution in [1.82, 2.24) is 5.32 Å². The van der Waals surface area contributed by atoms with Gasteiger partial charge >= 0.3 is 0 Å². The number of unbranched alkanes of at least 4 members (excludes halogenated alkanes) is 7. The van der Waals surface area contributed by atoms with Crippen molar-refractivity contribution in [2.45, 2.75) is 238 Å². The topological polar surface area (TPSA) is 56.8 Å². The quantitative estimate of drug-likeness (QED) is 0.0463. The third-order valence-corrected chi connectivity index (χ3v) is 31.3. The summed E-state index contributed by atoms with van der Waals surface area (Å²) in [6.45, 7) is 43.6. The first-order valence-electron chi connectivity index (χ1n) is 21.4. The van der Waals surface area contributed by atoms with Crippen LogP contribution in [0.1, 0.15) is 182 Å². The molecule has 306 valence electrons. The standard InChI is InChI=1S/C42H90BrNO4Si3/c1-32(2)49(33(3)4,34(5)6)46-29-42(30-47-50(35(7)8,36(9)10)37(11)12,31-48-51(38(13)14,39(15)16)40(17)18)44-41(45)27-25-23-21-19-20-22-24-26-28-43/h32-40H,19-31H2,1-18H3,(H,44,45). The summed E-state index contributed by atoms with van der Waals surface area (Å²) in [5.41, 5.74) is 3.22. The lowest BCUT2D eigenvalue weighted by atomic mass is 10.0. The Balaban J connectivity index is 6.99. The molecule has 0 unspecified atom stereocenters. The molecule has 0 aliphatic heterocycles. The Kier molecular flexibility index (Phi) is 24.4. The molecule has 1 N–H and O–H groups in total. The first kappa shape index (κ1) is 51.5. The summed E-state index contributed by atoms with van der Waals surface area (Å²) >= 11 is 3.55. The van der Waals surface area contributed by atoms with Crippen molar-refractivity contribution in [3.8, 4) is 0 Å². The summed E-state index contributed by atoms with van der Waals surface area (Å²) in [5, 5.41) is 4.77. The fourth-order valence-electron chi connectivity index (χ4n) is 10.3. The Morgan fingerprint density at radius 1 is 0.451 bits per heavy atom. The molecule has 0 aromatic carbocycles. The van der Waals surface area contributed by atoms with Crippen molar-refractivity contribution >= 4 is 46.8 Å². The second-order valence-electron chi connectivity index (χ2n) is 18.9. The minimum absolute atomic E-state index is 0.117. The van der Waals surface area contributed by atoms with Crippen LogP contribution in [0.5, 0.6) is 0 Å². The second-order valence-corrected chi connectivity index (χ2v) is 36.1. The molecule has 0 radical (unpaired) electrons. The first-order valence-corrected chi connectivity index (χ1v) is 28.9. The summed E-state index contributed by atoms with van der Waals surface area (Å²) in [5.74, 6) is 0.117. The van der Waals surface area contributed by atoms with Gasteiger partial charge in [0.2, 0.25) is 5.91 Å². The highest BCUT2D eigenvalue weighted by Crippen LogP contribution is 2.46. The molecular weight excluding hydrogens is 747 g/mol. The number of nitrogens with one attached hydrogen (secondary N) is 1. The van der Waals surface area contributed by atoms with Crippen LogP contribution in [0.3, 0.4) is 0 Å².